The van der Waals surface area contributed by atoms with E-state index in [1.165, 1.54) is 24.3 Å². The van der Waals surface area contributed by atoms with Gasteiger partial charge in [-0.25, -0.2) is 4.39 Å². The van der Waals surface area contributed by atoms with E-state index in [4.69, 9.17) is 4.74 Å². The molecule has 1 fully saturated rings. The van der Waals surface area contributed by atoms with Crippen molar-refractivity contribution in [2.24, 2.45) is 5.92 Å². The molecule has 8 heteroatoms. The smallest absolute Gasteiger partial charge is 0.309 e. The average molecular weight is 438 g/mol. The van der Waals surface area contributed by atoms with Gasteiger partial charge in [-0.1, -0.05) is 0 Å². The Bertz CT molecular complexity index is 1060. The van der Waals surface area contributed by atoms with Gasteiger partial charge >= 0.3 is 5.97 Å². The van der Waals surface area contributed by atoms with Crippen LogP contribution in [0.4, 0.5) is 10.1 Å². The third kappa shape index (κ3) is 4.85. The Labute approximate surface area is 184 Å². The first-order valence-electron chi connectivity index (χ1n) is 10.6. The van der Waals surface area contributed by atoms with Crippen LogP contribution in [0.3, 0.4) is 0 Å². The summed E-state index contributed by atoms with van der Waals surface area (Å²) in [6.07, 6.45) is 1.83. The highest BCUT2D eigenvalue weighted by Gasteiger charge is 2.29. The fraction of sp³-hybridized carbons (Fsp3) is 0.333. The quantitative estimate of drug-likeness (QED) is 0.572. The van der Waals surface area contributed by atoms with Gasteiger partial charge in [-0.2, -0.15) is 0 Å². The third-order valence-corrected chi connectivity index (χ3v) is 5.87. The van der Waals surface area contributed by atoms with Crippen molar-refractivity contribution in [1.29, 1.82) is 0 Å². The van der Waals surface area contributed by atoms with Crippen molar-refractivity contribution in [3.05, 3.63) is 65.0 Å². The number of hydrogen-bond donors (Lipinski definition) is 1. The van der Waals surface area contributed by atoms with Crippen LogP contribution in [0.1, 0.15) is 45.5 Å². The van der Waals surface area contributed by atoms with Crippen LogP contribution in [-0.4, -0.2) is 48.2 Å². The zero-order chi connectivity index (χ0) is 22.7. The Morgan fingerprint density at radius 1 is 1.00 bits per heavy atom. The molecule has 1 N–H and O–H groups in total. The van der Waals surface area contributed by atoms with Crippen LogP contribution in [0.5, 0.6) is 0 Å². The SMILES string of the molecule is O=C1CCc2cc(C(=O)COC(=O)C3CCN(C(=O)c4ccc(F)cc4)CC3)ccc2N1. The van der Waals surface area contributed by atoms with Crippen LogP contribution in [-0.2, 0) is 20.7 Å². The lowest BCUT2D eigenvalue weighted by atomic mass is 9.96. The van der Waals surface area contributed by atoms with Crippen molar-refractivity contribution in [2.75, 3.05) is 25.0 Å². The number of aryl methyl sites for hydroxylation is 1. The number of ether oxygens (including phenoxy) is 1. The molecule has 2 aliphatic heterocycles. The molecule has 4 rings (SSSR count). The first kappa shape index (κ1) is 21.7. The number of rotatable bonds is 5. The molecule has 0 unspecified atom stereocenters. The number of esters is 1. The predicted molar refractivity (Wildman–Crippen MR) is 114 cm³/mol. The van der Waals surface area contributed by atoms with Crippen LogP contribution in [0.25, 0.3) is 0 Å². The van der Waals surface area contributed by atoms with Gasteiger partial charge in [0, 0.05) is 36.3 Å². The normalized spacial score (nSPS) is 16.2. The van der Waals surface area contributed by atoms with Gasteiger partial charge in [0.1, 0.15) is 5.82 Å². The van der Waals surface area contributed by atoms with Crippen molar-refractivity contribution in [3.63, 3.8) is 0 Å². The summed E-state index contributed by atoms with van der Waals surface area (Å²) in [5.41, 5.74) is 2.44. The molecule has 2 aromatic rings. The van der Waals surface area contributed by atoms with Gasteiger partial charge in [0.25, 0.3) is 5.91 Å². The van der Waals surface area contributed by atoms with E-state index in [1.807, 2.05) is 0 Å². The van der Waals surface area contributed by atoms with E-state index in [1.54, 1.807) is 23.1 Å². The van der Waals surface area contributed by atoms with Crippen LogP contribution in [0.15, 0.2) is 42.5 Å². The molecule has 32 heavy (non-hydrogen) atoms. The molecule has 0 spiro atoms. The zero-order valence-electron chi connectivity index (χ0n) is 17.4. The fourth-order valence-corrected chi connectivity index (χ4v) is 3.99. The standard InChI is InChI=1S/C24H23FN2O5/c25-19-5-1-15(2-6-19)23(30)27-11-9-16(10-12-27)24(31)32-14-21(28)18-3-7-20-17(13-18)4-8-22(29)26-20/h1-3,5-7,13,16H,4,8-12,14H2,(H,26,29). The van der Waals surface area contributed by atoms with Gasteiger partial charge in [-0.15, -0.1) is 0 Å². The van der Waals surface area contributed by atoms with E-state index in [0.717, 1.165) is 5.56 Å². The van der Waals surface area contributed by atoms with Crippen molar-refractivity contribution in [3.8, 4) is 0 Å². The molecule has 0 saturated carbocycles. The Morgan fingerprint density at radius 2 is 1.69 bits per heavy atom. The lowest BCUT2D eigenvalue weighted by molar-refractivity contribution is -0.148. The van der Waals surface area contributed by atoms with E-state index < -0.39 is 11.8 Å². The maximum absolute atomic E-state index is 13.0. The Kier molecular flexibility index (Phi) is 6.30. The average Bonchev–Trinajstić information content (AvgIpc) is 2.82. The summed E-state index contributed by atoms with van der Waals surface area (Å²) < 4.78 is 18.3. The summed E-state index contributed by atoms with van der Waals surface area (Å²) in [6.45, 7) is 0.430. The predicted octanol–water partition coefficient (Wildman–Crippen LogP) is 2.99. The van der Waals surface area contributed by atoms with E-state index in [-0.39, 0.29) is 30.1 Å². The lowest BCUT2D eigenvalue weighted by Gasteiger charge is -2.31. The van der Waals surface area contributed by atoms with E-state index in [2.05, 4.69) is 5.32 Å². The van der Waals surface area contributed by atoms with Crippen LogP contribution in [0, 0.1) is 11.7 Å². The number of carbonyl (C=O) groups is 4. The van der Waals surface area contributed by atoms with E-state index >= 15 is 0 Å². The molecule has 0 bridgehead atoms. The topological polar surface area (TPSA) is 92.8 Å². The highest BCUT2D eigenvalue weighted by atomic mass is 19.1. The molecule has 2 amide bonds. The number of likely N-dealkylation sites (tertiary alicyclic amines) is 1. The summed E-state index contributed by atoms with van der Waals surface area (Å²) in [4.78, 5) is 50.5. The Balaban J connectivity index is 1.26. The minimum Gasteiger partial charge on any atom is -0.457 e. The Hall–Kier alpha value is -3.55. The summed E-state index contributed by atoms with van der Waals surface area (Å²) >= 11 is 0. The van der Waals surface area contributed by atoms with Crippen molar-refractivity contribution < 1.29 is 28.3 Å². The minimum absolute atomic E-state index is 0.0454. The number of nitrogens with zero attached hydrogens (tertiary/aromatic N) is 1. The molecule has 2 heterocycles. The maximum Gasteiger partial charge on any atom is 0.309 e. The van der Waals surface area contributed by atoms with E-state index in [0.29, 0.717) is 55.6 Å². The number of nitrogens with one attached hydrogen (secondary N) is 1. The molecule has 0 atom stereocenters. The third-order valence-electron chi connectivity index (χ3n) is 5.87. The first-order chi connectivity index (χ1) is 15.4. The van der Waals surface area contributed by atoms with Crippen molar-refractivity contribution in [2.45, 2.75) is 25.7 Å². The summed E-state index contributed by atoms with van der Waals surface area (Å²) in [6, 6.07) is 10.4. The number of benzene rings is 2. The number of halogens is 1. The monoisotopic (exact) mass is 438 g/mol. The first-order valence-corrected chi connectivity index (χ1v) is 10.6. The number of anilines is 1. The van der Waals surface area contributed by atoms with Gasteiger partial charge in [0.2, 0.25) is 5.91 Å². The number of amides is 2. The molecule has 1 saturated heterocycles. The van der Waals surface area contributed by atoms with E-state index in [9.17, 15) is 23.6 Å². The molecular weight excluding hydrogens is 415 g/mol. The van der Waals surface area contributed by atoms with Crippen molar-refractivity contribution >= 4 is 29.3 Å². The minimum atomic E-state index is -0.447. The number of piperidine rings is 1. The lowest BCUT2D eigenvalue weighted by Crippen LogP contribution is -2.40. The molecule has 2 aliphatic rings. The molecule has 166 valence electrons. The maximum atomic E-state index is 13.0. The second-order valence-corrected chi connectivity index (χ2v) is 8.02. The highest BCUT2D eigenvalue weighted by molar-refractivity contribution is 6.00. The van der Waals surface area contributed by atoms with Gasteiger partial charge in [0.05, 0.1) is 5.92 Å². The second kappa shape index (κ2) is 9.30. The molecule has 0 radical (unpaired) electrons. The van der Waals surface area contributed by atoms with Gasteiger partial charge in [-0.3, -0.25) is 19.2 Å². The summed E-state index contributed by atoms with van der Waals surface area (Å²) in [7, 11) is 0. The van der Waals surface area contributed by atoms with Gasteiger partial charge < -0.3 is 15.0 Å². The number of Topliss-reactive ketones (excluding diaryl/α,β-unsaturated/α-hetero) is 1. The number of hydrogen-bond acceptors (Lipinski definition) is 5. The van der Waals surface area contributed by atoms with Crippen molar-refractivity contribution in [1.82, 2.24) is 4.90 Å². The largest absolute Gasteiger partial charge is 0.457 e. The van der Waals surface area contributed by atoms with Crippen LogP contribution >= 0.6 is 0 Å². The number of ketones is 1. The molecular formula is C24H23FN2O5. The molecule has 0 aromatic heterocycles. The number of fused-ring (bicyclic) bond motifs is 1. The van der Waals surface area contributed by atoms with Crippen LogP contribution < -0.4 is 5.32 Å². The summed E-state index contributed by atoms with van der Waals surface area (Å²) in [5, 5.41) is 2.76. The zero-order valence-corrected chi connectivity index (χ0v) is 17.4. The van der Waals surface area contributed by atoms with Crippen LogP contribution in [0.2, 0.25) is 0 Å². The molecule has 0 aliphatic carbocycles. The van der Waals surface area contributed by atoms with Gasteiger partial charge in [-0.05, 0) is 67.3 Å². The second-order valence-electron chi connectivity index (χ2n) is 8.02. The summed E-state index contributed by atoms with van der Waals surface area (Å²) in [5.74, 6) is -1.77. The fourth-order valence-electron chi connectivity index (χ4n) is 3.99. The highest BCUT2D eigenvalue weighted by Crippen LogP contribution is 2.24. The molecule has 7 nitrogen and oxygen atoms in total. The molecule has 2 aromatic carbocycles. The van der Waals surface area contributed by atoms with Gasteiger partial charge in [0.15, 0.2) is 12.4 Å². The number of carbonyl (C=O) groups excluding carboxylic acids is 4. The Morgan fingerprint density at radius 3 is 2.41 bits per heavy atom.